The molecule has 0 fully saturated rings. The predicted octanol–water partition coefficient (Wildman–Crippen LogP) is 2.61. The van der Waals surface area contributed by atoms with Gasteiger partial charge in [0.2, 0.25) is 0 Å². The lowest BCUT2D eigenvalue weighted by molar-refractivity contribution is 0.277. The fourth-order valence-corrected chi connectivity index (χ4v) is 2.94. The third kappa shape index (κ3) is 3.03. The molecular formula is C11H10Cl2N2O3S. The fourth-order valence-electron chi connectivity index (χ4n) is 1.45. The van der Waals surface area contributed by atoms with Crippen molar-refractivity contribution in [2.75, 3.05) is 4.72 Å². The molecule has 5 nitrogen and oxygen atoms in total. The van der Waals surface area contributed by atoms with Crippen LogP contribution in [0.5, 0.6) is 0 Å². The Labute approximate surface area is 120 Å². The molecule has 0 atom stereocenters. The van der Waals surface area contributed by atoms with Gasteiger partial charge in [-0.15, -0.1) is 0 Å². The van der Waals surface area contributed by atoms with Gasteiger partial charge in [-0.2, -0.15) is 0 Å². The lowest BCUT2D eigenvalue weighted by Crippen LogP contribution is -2.12. The monoisotopic (exact) mass is 320 g/mol. The summed E-state index contributed by atoms with van der Waals surface area (Å²) in [5, 5.41) is 9.29. The van der Waals surface area contributed by atoms with Crippen LogP contribution in [0.15, 0.2) is 35.4 Å². The normalized spacial score (nSPS) is 11.5. The van der Waals surface area contributed by atoms with Crippen molar-refractivity contribution in [2.24, 2.45) is 0 Å². The van der Waals surface area contributed by atoms with Crippen molar-refractivity contribution in [3.05, 3.63) is 46.2 Å². The number of aliphatic hydroxyl groups excluding tert-OH is 1. The van der Waals surface area contributed by atoms with Gasteiger partial charge in [-0.1, -0.05) is 29.3 Å². The maximum atomic E-state index is 12.1. The van der Waals surface area contributed by atoms with E-state index in [-0.39, 0.29) is 27.2 Å². The molecule has 0 unspecified atom stereocenters. The molecule has 0 amide bonds. The highest BCUT2D eigenvalue weighted by atomic mass is 35.5. The molecule has 2 aromatic rings. The number of hydrogen-bond acceptors (Lipinski definition) is 3. The predicted molar refractivity (Wildman–Crippen MR) is 74.0 cm³/mol. The summed E-state index contributed by atoms with van der Waals surface area (Å²) in [5.41, 5.74) is 0.596. The quantitative estimate of drug-likeness (QED) is 0.809. The second-order valence-corrected chi connectivity index (χ2v) is 6.19. The van der Waals surface area contributed by atoms with Crippen LogP contribution in [0.4, 0.5) is 5.69 Å². The molecule has 8 heteroatoms. The number of aromatic amines is 1. The number of aliphatic hydroxyl groups is 1. The molecule has 19 heavy (non-hydrogen) atoms. The fraction of sp³-hybridized carbons (Fsp3) is 0.0909. The third-order valence-corrected chi connectivity index (χ3v) is 4.56. The first kappa shape index (κ1) is 14.2. The minimum atomic E-state index is -3.78. The Kier molecular flexibility index (Phi) is 4.05. The zero-order valence-corrected chi connectivity index (χ0v) is 11.9. The highest BCUT2D eigenvalue weighted by Crippen LogP contribution is 2.31. The highest BCUT2D eigenvalue weighted by Gasteiger charge is 2.18. The topological polar surface area (TPSA) is 82.2 Å². The SMILES string of the molecule is O=S(=O)(Nc1cccc(Cl)c1Cl)c1c[nH]c(CO)c1. The average Bonchev–Trinajstić information content (AvgIpc) is 2.84. The van der Waals surface area contributed by atoms with Crippen LogP contribution in [-0.2, 0) is 16.6 Å². The summed E-state index contributed by atoms with van der Waals surface area (Å²) in [7, 11) is -3.78. The molecule has 3 N–H and O–H groups in total. The number of anilines is 1. The van der Waals surface area contributed by atoms with Gasteiger partial charge in [-0.25, -0.2) is 8.42 Å². The van der Waals surface area contributed by atoms with Crippen LogP contribution in [-0.4, -0.2) is 18.5 Å². The van der Waals surface area contributed by atoms with E-state index < -0.39 is 10.0 Å². The van der Waals surface area contributed by atoms with Gasteiger partial charge < -0.3 is 10.1 Å². The number of sulfonamides is 1. The average molecular weight is 321 g/mol. The third-order valence-electron chi connectivity index (χ3n) is 2.39. The van der Waals surface area contributed by atoms with Crippen LogP contribution in [0.1, 0.15) is 5.69 Å². The Morgan fingerprint density at radius 3 is 2.68 bits per heavy atom. The highest BCUT2D eigenvalue weighted by molar-refractivity contribution is 7.92. The summed E-state index contributed by atoms with van der Waals surface area (Å²) in [6.07, 6.45) is 1.28. The van der Waals surface area contributed by atoms with E-state index in [2.05, 4.69) is 9.71 Å². The van der Waals surface area contributed by atoms with Gasteiger partial charge in [-0.3, -0.25) is 4.72 Å². The van der Waals surface area contributed by atoms with Crippen LogP contribution in [0.2, 0.25) is 10.0 Å². The number of rotatable bonds is 4. The van der Waals surface area contributed by atoms with E-state index in [4.69, 9.17) is 28.3 Å². The molecule has 0 saturated carbocycles. The number of hydrogen-bond donors (Lipinski definition) is 3. The Bertz CT molecular complexity index is 698. The summed E-state index contributed by atoms with van der Waals surface area (Å²) >= 11 is 11.7. The summed E-state index contributed by atoms with van der Waals surface area (Å²) in [6.45, 7) is -0.270. The van der Waals surface area contributed by atoms with Gasteiger partial charge in [0.15, 0.2) is 0 Å². The van der Waals surface area contributed by atoms with Crippen molar-refractivity contribution in [3.63, 3.8) is 0 Å². The first-order valence-electron chi connectivity index (χ1n) is 5.19. The second-order valence-electron chi connectivity index (χ2n) is 3.73. The Hall–Kier alpha value is -1.21. The first-order chi connectivity index (χ1) is 8.94. The molecule has 0 aliphatic rings. The van der Waals surface area contributed by atoms with Crippen LogP contribution in [0.3, 0.4) is 0 Å². The van der Waals surface area contributed by atoms with Crippen LogP contribution in [0, 0.1) is 0 Å². The largest absolute Gasteiger partial charge is 0.390 e. The van der Waals surface area contributed by atoms with E-state index in [0.29, 0.717) is 5.69 Å². The van der Waals surface area contributed by atoms with Crippen molar-refractivity contribution in [3.8, 4) is 0 Å². The molecule has 102 valence electrons. The number of H-pyrrole nitrogens is 1. The van der Waals surface area contributed by atoms with E-state index in [1.165, 1.54) is 18.3 Å². The van der Waals surface area contributed by atoms with Gasteiger partial charge >= 0.3 is 0 Å². The molecule has 1 aromatic heterocycles. The maximum Gasteiger partial charge on any atom is 0.263 e. The number of benzene rings is 1. The maximum absolute atomic E-state index is 12.1. The lowest BCUT2D eigenvalue weighted by atomic mass is 10.3. The molecule has 0 spiro atoms. The Morgan fingerprint density at radius 2 is 2.05 bits per heavy atom. The Balaban J connectivity index is 2.33. The van der Waals surface area contributed by atoms with E-state index in [1.807, 2.05) is 0 Å². The Morgan fingerprint density at radius 1 is 1.32 bits per heavy atom. The van der Waals surface area contributed by atoms with Crippen molar-refractivity contribution < 1.29 is 13.5 Å². The van der Waals surface area contributed by atoms with Gasteiger partial charge in [0, 0.05) is 11.9 Å². The smallest absolute Gasteiger partial charge is 0.263 e. The van der Waals surface area contributed by atoms with Crippen LogP contribution in [0.25, 0.3) is 0 Å². The minimum absolute atomic E-state index is 0.00703. The van der Waals surface area contributed by atoms with Crippen LogP contribution >= 0.6 is 23.2 Å². The van der Waals surface area contributed by atoms with Crippen molar-refractivity contribution in [2.45, 2.75) is 11.5 Å². The van der Waals surface area contributed by atoms with E-state index in [1.54, 1.807) is 12.1 Å². The van der Waals surface area contributed by atoms with Gasteiger partial charge in [0.05, 0.1) is 22.3 Å². The molecule has 1 aromatic carbocycles. The molecule has 1 heterocycles. The molecule has 0 bridgehead atoms. The molecule has 0 aliphatic heterocycles. The van der Waals surface area contributed by atoms with Crippen molar-refractivity contribution >= 4 is 38.9 Å². The molecular weight excluding hydrogens is 311 g/mol. The second kappa shape index (κ2) is 5.42. The van der Waals surface area contributed by atoms with E-state index >= 15 is 0 Å². The van der Waals surface area contributed by atoms with Crippen molar-refractivity contribution in [1.29, 1.82) is 0 Å². The summed E-state index contributed by atoms with van der Waals surface area (Å²) < 4.78 is 26.5. The zero-order chi connectivity index (χ0) is 14.0. The van der Waals surface area contributed by atoms with Crippen LogP contribution < -0.4 is 4.72 Å². The van der Waals surface area contributed by atoms with E-state index in [9.17, 15) is 8.42 Å². The molecule has 0 radical (unpaired) electrons. The summed E-state index contributed by atoms with van der Waals surface area (Å²) in [6, 6.07) is 5.98. The van der Waals surface area contributed by atoms with Gasteiger partial charge in [0.25, 0.3) is 10.0 Å². The molecule has 0 saturated heterocycles. The minimum Gasteiger partial charge on any atom is -0.390 e. The summed E-state index contributed by atoms with van der Waals surface area (Å²) in [5.74, 6) is 0. The standard InChI is InChI=1S/C11H10Cl2N2O3S/c12-9-2-1-3-10(11(9)13)15-19(17,18)8-4-7(6-16)14-5-8/h1-5,14-16H,6H2. The molecule has 0 aliphatic carbocycles. The lowest BCUT2D eigenvalue weighted by Gasteiger charge is -2.08. The number of aromatic nitrogens is 1. The molecule has 2 rings (SSSR count). The van der Waals surface area contributed by atoms with Crippen molar-refractivity contribution in [1.82, 2.24) is 4.98 Å². The number of halogens is 2. The first-order valence-corrected chi connectivity index (χ1v) is 7.43. The number of nitrogens with one attached hydrogen (secondary N) is 2. The zero-order valence-electron chi connectivity index (χ0n) is 9.52. The van der Waals surface area contributed by atoms with E-state index in [0.717, 1.165) is 0 Å². The van der Waals surface area contributed by atoms with Gasteiger partial charge in [0.1, 0.15) is 4.90 Å². The summed E-state index contributed by atoms with van der Waals surface area (Å²) in [4.78, 5) is 2.65. The van der Waals surface area contributed by atoms with Gasteiger partial charge in [-0.05, 0) is 18.2 Å².